The maximum Gasteiger partial charge on any atom is 0.00955 e. The first-order chi connectivity index (χ1) is 6.77. The molecule has 0 saturated heterocycles. The Morgan fingerprint density at radius 2 is 1.47 bits per heavy atom. The number of nitrogens with zero attached hydrogens (tertiary/aromatic N) is 1. The molecule has 0 aromatic heterocycles. The standard InChI is InChI=1S/C13H19N.ClH/c1-14(2)13-9-7-11-5-3-4-6-12(11)8-10-13;/h3-6,13H,7-10H2,1-2H3;1H. The fourth-order valence-electron chi connectivity index (χ4n) is 2.35. The molecule has 0 aliphatic heterocycles. The van der Waals surface area contributed by atoms with Gasteiger partial charge < -0.3 is 4.90 Å². The average Bonchev–Trinajstić information content (AvgIpc) is 2.39. The van der Waals surface area contributed by atoms with Crippen LogP contribution in [0.2, 0.25) is 0 Å². The Labute approximate surface area is 98.9 Å². The molecule has 1 aromatic rings. The lowest BCUT2D eigenvalue weighted by Gasteiger charge is -2.21. The van der Waals surface area contributed by atoms with Gasteiger partial charge in [-0.1, -0.05) is 24.3 Å². The van der Waals surface area contributed by atoms with Crippen molar-refractivity contribution >= 4 is 12.4 Å². The molecule has 84 valence electrons. The first-order valence-electron chi connectivity index (χ1n) is 5.50. The van der Waals surface area contributed by atoms with Gasteiger partial charge in [-0.3, -0.25) is 0 Å². The van der Waals surface area contributed by atoms with Crippen LogP contribution in [0.3, 0.4) is 0 Å². The highest BCUT2D eigenvalue weighted by atomic mass is 35.5. The van der Waals surface area contributed by atoms with Crippen molar-refractivity contribution < 1.29 is 0 Å². The van der Waals surface area contributed by atoms with E-state index in [0.717, 1.165) is 6.04 Å². The summed E-state index contributed by atoms with van der Waals surface area (Å²) in [5.41, 5.74) is 3.13. The zero-order valence-corrected chi connectivity index (χ0v) is 10.4. The van der Waals surface area contributed by atoms with Crippen molar-refractivity contribution in [3.63, 3.8) is 0 Å². The number of hydrogen-bond donors (Lipinski definition) is 0. The van der Waals surface area contributed by atoms with Crippen molar-refractivity contribution in [2.24, 2.45) is 0 Å². The Bertz CT molecular complexity index is 282. The van der Waals surface area contributed by atoms with Crippen molar-refractivity contribution in [2.45, 2.75) is 31.7 Å². The zero-order chi connectivity index (χ0) is 9.97. The summed E-state index contributed by atoms with van der Waals surface area (Å²) in [7, 11) is 4.39. The second-order valence-electron chi connectivity index (χ2n) is 4.46. The first-order valence-corrected chi connectivity index (χ1v) is 5.50. The van der Waals surface area contributed by atoms with E-state index in [2.05, 4.69) is 43.3 Å². The Morgan fingerprint density at radius 1 is 1.00 bits per heavy atom. The van der Waals surface area contributed by atoms with E-state index in [0.29, 0.717) is 0 Å². The topological polar surface area (TPSA) is 3.24 Å². The lowest BCUT2D eigenvalue weighted by atomic mass is 10.0. The van der Waals surface area contributed by atoms with Crippen LogP contribution in [0.5, 0.6) is 0 Å². The van der Waals surface area contributed by atoms with E-state index in [-0.39, 0.29) is 12.4 Å². The van der Waals surface area contributed by atoms with Crippen LogP contribution in [-0.2, 0) is 12.8 Å². The van der Waals surface area contributed by atoms with Gasteiger partial charge in [0, 0.05) is 6.04 Å². The molecular weight excluding hydrogens is 206 g/mol. The van der Waals surface area contributed by atoms with Crippen LogP contribution in [-0.4, -0.2) is 25.0 Å². The third-order valence-corrected chi connectivity index (χ3v) is 3.34. The van der Waals surface area contributed by atoms with E-state index in [4.69, 9.17) is 0 Å². The summed E-state index contributed by atoms with van der Waals surface area (Å²) in [6.07, 6.45) is 5.12. The maximum atomic E-state index is 2.37. The molecule has 0 spiro atoms. The van der Waals surface area contributed by atoms with Gasteiger partial charge in [-0.05, 0) is 50.9 Å². The molecular formula is C13H20ClN. The molecule has 0 fully saturated rings. The zero-order valence-electron chi connectivity index (χ0n) is 9.57. The van der Waals surface area contributed by atoms with E-state index in [1.807, 2.05) is 0 Å². The predicted molar refractivity (Wildman–Crippen MR) is 67.8 cm³/mol. The number of fused-ring (bicyclic) bond motifs is 1. The quantitative estimate of drug-likeness (QED) is 0.665. The summed E-state index contributed by atoms with van der Waals surface area (Å²) in [5, 5.41) is 0. The van der Waals surface area contributed by atoms with Crippen LogP contribution in [0.4, 0.5) is 0 Å². The number of rotatable bonds is 1. The molecule has 0 amide bonds. The first kappa shape index (κ1) is 12.5. The Hall–Kier alpha value is -0.530. The van der Waals surface area contributed by atoms with Crippen LogP contribution < -0.4 is 0 Å². The van der Waals surface area contributed by atoms with Gasteiger partial charge in [0.25, 0.3) is 0 Å². The van der Waals surface area contributed by atoms with E-state index in [1.54, 1.807) is 11.1 Å². The average molecular weight is 226 g/mol. The summed E-state index contributed by atoms with van der Waals surface area (Å²) >= 11 is 0. The molecule has 1 nitrogen and oxygen atoms in total. The van der Waals surface area contributed by atoms with Crippen molar-refractivity contribution in [3.05, 3.63) is 35.4 Å². The molecule has 1 aromatic carbocycles. The molecule has 0 heterocycles. The SMILES string of the molecule is CN(C)C1CCc2ccccc2CC1.Cl. The summed E-state index contributed by atoms with van der Waals surface area (Å²) in [4.78, 5) is 2.37. The van der Waals surface area contributed by atoms with E-state index in [1.165, 1.54) is 25.7 Å². The Kier molecular flexibility index (Phi) is 4.62. The second kappa shape index (κ2) is 5.53. The normalized spacial score (nSPS) is 16.7. The predicted octanol–water partition coefficient (Wildman–Crippen LogP) is 2.92. The summed E-state index contributed by atoms with van der Waals surface area (Å²) < 4.78 is 0. The highest BCUT2D eigenvalue weighted by Gasteiger charge is 2.16. The Morgan fingerprint density at radius 3 is 1.87 bits per heavy atom. The van der Waals surface area contributed by atoms with Gasteiger partial charge in [-0.15, -0.1) is 12.4 Å². The van der Waals surface area contributed by atoms with E-state index in [9.17, 15) is 0 Å². The smallest absolute Gasteiger partial charge is 0.00955 e. The number of halogens is 1. The molecule has 2 heteroatoms. The van der Waals surface area contributed by atoms with E-state index < -0.39 is 0 Å². The largest absolute Gasteiger partial charge is 0.306 e. The monoisotopic (exact) mass is 225 g/mol. The third-order valence-electron chi connectivity index (χ3n) is 3.34. The lowest BCUT2D eigenvalue weighted by Crippen LogP contribution is -2.27. The molecule has 0 N–H and O–H groups in total. The highest BCUT2D eigenvalue weighted by Crippen LogP contribution is 2.22. The van der Waals surface area contributed by atoms with Crippen LogP contribution in [0, 0.1) is 0 Å². The van der Waals surface area contributed by atoms with E-state index >= 15 is 0 Å². The summed E-state index contributed by atoms with van der Waals surface area (Å²) in [5.74, 6) is 0. The number of benzene rings is 1. The second-order valence-corrected chi connectivity index (χ2v) is 4.46. The van der Waals surface area contributed by atoms with Gasteiger partial charge in [0.1, 0.15) is 0 Å². The minimum Gasteiger partial charge on any atom is -0.306 e. The summed E-state index contributed by atoms with van der Waals surface area (Å²) in [6.45, 7) is 0. The minimum absolute atomic E-state index is 0. The maximum absolute atomic E-state index is 2.37. The number of hydrogen-bond acceptors (Lipinski definition) is 1. The van der Waals surface area contributed by atoms with Gasteiger partial charge in [-0.25, -0.2) is 0 Å². The molecule has 0 bridgehead atoms. The highest BCUT2D eigenvalue weighted by molar-refractivity contribution is 5.85. The lowest BCUT2D eigenvalue weighted by molar-refractivity contribution is 0.269. The number of aryl methyl sites for hydroxylation is 2. The molecule has 15 heavy (non-hydrogen) atoms. The van der Waals surface area contributed by atoms with Gasteiger partial charge in [0.2, 0.25) is 0 Å². The third kappa shape index (κ3) is 2.96. The minimum atomic E-state index is 0. The van der Waals surface area contributed by atoms with Gasteiger partial charge in [0.15, 0.2) is 0 Å². The molecule has 0 saturated carbocycles. The molecule has 0 atom stereocenters. The van der Waals surface area contributed by atoms with Crippen LogP contribution in [0.25, 0.3) is 0 Å². The van der Waals surface area contributed by atoms with Crippen molar-refractivity contribution in [2.75, 3.05) is 14.1 Å². The van der Waals surface area contributed by atoms with Gasteiger partial charge in [0.05, 0.1) is 0 Å². The molecule has 2 rings (SSSR count). The van der Waals surface area contributed by atoms with Crippen molar-refractivity contribution in [1.29, 1.82) is 0 Å². The van der Waals surface area contributed by atoms with Gasteiger partial charge >= 0.3 is 0 Å². The Balaban J connectivity index is 0.00000112. The molecule has 1 aliphatic rings. The van der Waals surface area contributed by atoms with Crippen LogP contribution >= 0.6 is 12.4 Å². The summed E-state index contributed by atoms with van der Waals surface area (Å²) in [6, 6.07) is 9.66. The molecule has 1 aliphatic carbocycles. The molecule has 0 unspecified atom stereocenters. The van der Waals surface area contributed by atoms with Crippen LogP contribution in [0.1, 0.15) is 24.0 Å². The van der Waals surface area contributed by atoms with Crippen molar-refractivity contribution in [3.8, 4) is 0 Å². The fraction of sp³-hybridized carbons (Fsp3) is 0.538. The molecule has 0 radical (unpaired) electrons. The van der Waals surface area contributed by atoms with Crippen LogP contribution in [0.15, 0.2) is 24.3 Å². The van der Waals surface area contributed by atoms with Crippen molar-refractivity contribution in [1.82, 2.24) is 4.90 Å². The fourth-order valence-corrected chi connectivity index (χ4v) is 2.35. The van der Waals surface area contributed by atoms with Gasteiger partial charge in [-0.2, -0.15) is 0 Å².